The highest BCUT2D eigenvalue weighted by molar-refractivity contribution is 7.09. The average Bonchev–Trinajstić information content (AvgIpc) is 3.10. The molecule has 1 aromatic rings. The second-order valence-corrected chi connectivity index (χ2v) is 9.09. The van der Waals surface area contributed by atoms with Gasteiger partial charge in [-0.2, -0.15) is 0 Å². The molecular weight excluding hydrogens is 340 g/mol. The number of hydrogen-bond donors (Lipinski definition) is 1. The average molecular weight is 368 g/mol. The van der Waals surface area contributed by atoms with Crippen molar-refractivity contribution in [3.05, 3.63) is 16.6 Å². The maximum Gasteiger partial charge on any atom is 0.326 e. The first kappa shape index (κ1) is 19.8. The van der Waals surface area contributed by atoms with Gasteiger partial charge in [0.25, 0.3) is 0 Å². The molecule has 1 fully saturated rings. The first-order chi connectivity index (χ1) is 11.5. The van der Waals surface area contributed by atoms with Crippen molar-refractivity contribution in [1.29, 1.82) is 0 Å². The lowest BCUT2D eigenvalue weighted by atomic mass is 9.92. The summed E-state index contributed by atoms with van der Waals surface area (Å²) in [5, 5.41) is 5.91. The molecule has 1 unspecified atom stereocenters. The van der Waals surface area contributed by atoms with E-state index in [1.54, 1.807) is 13.1 Å². The molecule has 0 radical (unpaired) electrons. The zero-order valence-corrected chi connectivity index (χ0v) is 16.6. The number of carbonyl (C=O) groups is 2. The molecule has 0 spiro atoms. The summed E-state index contributed by atoms with van der Waals surface area (Å²) in [7, 11) is 0. The third-order valence-electron chi connectivity index (χ3n) is 3.93. The molecule has 0 saturated carbocycles. The summed E-state index contributed by atoms with van der Waals surface area (Å²) in [6.07, 6.45) is 2.02. The molecule has 0 bridgehead atoms. The van der Waals surface area contributed by atoms with Crippen molar-refractivity contribution < 1.29 is 19.1 Å². The van der Waals surface area contributed by atoms with Gasteiger partial charge in [0.05, 0.1) is 18.6 Å². The summed E-state index contributed by atoms with van der Waals surface area (Å²) < 4.78 is 11.0. The third-order valence-corrected chi connectivity index (χ3v) is 4.79. The van der Waals surface area contributed by atoms with Gasteiger partial charge >= 0.3 is 11.9 Å². The van der Waals surface area contributed by atoms with E-state index in [-0.39, 0.29) is 23.9 Å². The van der Waals surface area contributed by atoms with E-state index in [1.807, 2.05) is 40.0 Å². The molecule has 1 saturated heterocycles. The highest BCUT2D eigenvalue weighted by Gasteiger charge is 2.52. The van der Waals surface area contributed by atoms with Gasteiger partial charge in [-0.15, -0.1) is 11.3 Å². The molecule has 0 amide bonds. The Kier molecular flexibility index (Phi) is 5.89. The van der Waals surface area contributed by atoms with Crippen LogP contribution in [0.5, 0.6) is 0 Å². The number of thiazole rings is 1. The first-order valence-corrected chi connectivity index (χ1v) is 9.47. The highest BCUT2D eigenvalue weighted by Crippen LogP contribution is 2.40. The number of nitrogens with zero attached hydrogens (tertiary/aromatic N) is 1. The van der Waals surface area contributed by atoms with Crippen molar-refractivity contribution >= 4 is 23.3 Å². The van der Waals surface area contributed by atoms with E-state index in [4.69, 9.17) is 9.47 Å². The minimum Gasteiger partial charge on any atom is -0.464 e. The van der Waals surface area contributed by atoms with E-state index >= 15 is 0 Å². The van der Waals surface area contributed by atoms with Crippen molar-refractivity contribution in [2.45, 2.75) is 65.1 Å². The molecule has 1 N–H and O–H groups in total. The van der Waals surface area contributed by atoms with Crippen molar-refractivity contribution in [3.63, 3.8) is 0 Å². The van der Waals surface area contributed by atoms with E-state index in [2.05, 4.69) is 10.3 Å². The third kappa shape index (κ3) is 5.01. The number of aromatic nitrogens is 1. The van der Waals surface area contributed by atoms with E-state index in [9.17, 15) is 9.59 Å². The van der Waals surface area contributed by atoms with Crippen molar-refractivity contribution in [2.24, 2.45) is 11.8 Å². The number of rotatable bonds is 5. The van der Waals surface area contributed by atoms with Crippen LogP contribution < -0.4 is 5.32 Å². The maximum atomic E-state index is 12.7. The van der Waals surface area contributed by atoms with E-state index in [1.165, 1.54) is 11.3 Å². The van der Waals surface area contributed by atoms with Gasteiger partial charge in [-0.1, -0.05) is 13.8 Å². The fourth-order valence-electron chi connectivity index (χ4n) is 2.82. The summed E-state index contributed by atoms with van der Waals surface area (Å²) in [5.74, 6) is -0.887. The maximum absolute atomic E-state index is 12.7. The lowest BCUT2D eigenvalue weighted by Gasteiger charge is -2.24. The van der Waals surface area contributed by atoms with E-state index in [0.717, 1.165) is 5.01 Å². The quantitative estimate of drug-likeness (QED) is 0.805. The van der Waals surface area contributed by atoms with Crippen molar-refractivity contribution in [3.8, 4) is 0 Å². The number of nitrogens with one attached hydrogen (secondary N) is 1. The Morgan fingerprint density at radius 3 is 2.64 bits per heavy atom. The molecule has 1 aromatic heterocycles. The largest absolute Gasteiger partial charge is 0.464 e. The summed E-state index contributed by atoms with van der Waals surface area (Å²) in [5.41, 5.74) is -1.52. The minimum absolute atomic E-state index is 0.255. The van der Waals surface area contributed by atoms with Crippen LogP contribution in [0, 0.1) is 11.8 Å². The fraction of sp³-hybridized carbons (Fsp3) is 0.722. The summed E-state index contributed by atoms with van der Waals surface area (Å²) in [6.45, 7) is 11.6. The van der Waals surface area contributed by atoms with Gasteiger partial charge in [0.2, 0.25) is 0 Å². The zero-order valence-electron chi connectivity index (χ0n) is 15.8. The van der Waals surface area contributed by atoms with Crippen molar-refractivity contribution in [1.82, 2.24) is 10.3 Å². The highest BCUT2D eigenvalue weighted by atomic mass is 32.1. The predicted octanol–water partition coefficient (Wildman–Crippen LogP) is 3.09. The van der Waals surface area contributed by atoms with E-state index < -0.39 is 17.1 Å². The Morgan fingerprint density at radius 2 is 2.12 bits per heavy atom. The summed E-state index contributed by atoms with van der Waals surface area (Å²) in [4.78, 5) is 29.6. The second-order valence-electron chi connectivity index (χ2n) is 8.16. The molecule has 7 heteroatoms. The molecule has 140 valence electrons. The SMILES string of the molecule is CC(C)COC(=O)[C@@]1(C)CC(C(=O)OC(C)(C)C)[C@@H](c2nccs2)N1. The van der Waals surface area contributed by atoms with Crippen LogP contribution in [0.3, 0.4) is 0 Å². The number of hydrogen-bond acceptors (Lipinski definition) is 7. The van der Waals surface area contributed by atoms with Gasteiger partial charge in [0, 0.05) is 11.6 Å². The topological polar surface area (TPSA) is 77.5 Å². The first-order valence-electron chi connectivity index (χ1n) is 8.59. The monoisotopic (exact) mass is 368 g/mol. The van der Waals surface area contributed by atoms with Gasteiger partial charge < -0.3 is 9.47 Å². The minimum atomic E-state index is -0.938. The predicted molar refractivity (Wildman–Crippen MR) is 96.1 cm³/mol. The number of carbonyl (C=O) groups excluding carboxylic acids is 2. The Labute approximate surface area is 153 Å². The molecule has 2 rings (SSSR count). The van der Waals surface area contributed by atoms with Crippen LogP contribution in [0.25, 0.3) is 0 Å². The van der Waals surface area contributed by atoms with Crippen LogP contribution in [0.1, 0.15) is 59.0 Å². The molecule has 2 heterocycles. The Balaban J connectivity index is 2.21. The van der Waals surface area contributed by atoms with Crippen LogP contribution in [-0.2, 0) is 19.1 Å². The molecule has 1 aliphatic heterocycles. The van der Waals surface area contributed by atoms with Gasteiger partial charge in [-0.25, -0.2) is 4.98 Å². The summed E-state index contributed by atoms with van der Waals surface area (Å²) in [6, 6.07) is -0.355. The summed E-state index contributed by atoms with van der Waals surface area (Å²) >= 11 is 1.46. The standard InChI is InChI=1S/C18H28N2O4S/c1-11(2)10-23-16(22)18(6)9-12(15(21)24-17(3,4)5)13(20-18)14-19-7-8-25-14/h7-8,11-13,20H,9-10H2,1-6H3/t12?,13-,18+/m0/s1. The molecular formula is C18H28N2O4S. The van der Waals surface area contributed by atoms with Gasteiger partial charge in [0.1, 0.15) is 16.1 Å². The number of esters is 2. The molecule has 1 aliphatic rings. The van der Waals surface area contributed by atoms with Gasteiger partial charge in [-0.05, 0) is 40.0 Å². The van der Waals surface area contributed by atoms with E-state index in [0.29, 0.717) is 13.0 Å². The molecule has 6 nitrogen and oxygen atoms in total. The smallest absolute Gasteiger partial charge is 0.326 e. The van der Waals surface area contributed by atoms with Crippen LogP contribution in [0.4, 0.5) is 0 Å². The van der Waals surface area contributed by atoms with Crippen LogP contribution in [0.2, 0.25) is 0 Å². The van der Waals surface area contributed by atoms with Crippen LogP contribution in [-0.4, -0.2) is 34.7 Å². The van der Waals surface area contributed by atoms with Crippen LogP contribution >= 0.6 is 11.3 Å². The Bertz CT molecular complexity index is 609. The lowest BCUT2D eigenvalue weighted by Crippen LogP contribution is -2.46. The zero-order chi connectivity index (χ0) is 18.8. The lowest BCUT2D eigenvalue weighted by molar-refractivity contribution is -0.160. The van der Waals surface area contributed by atoms with Crippen molar-refractivity contribution in [2.75, 3.05) is 6.61 Å². The normalized spacial score (nSPS) is 26.7. The molecule has 3 atom stereocenters. The Morgan fingerprint density at radius 1 is 1.44 bits per heavy atom. The van der Waals surface area contributed by atoms with Gasteiger partial charge in [-0.3, -0.25) is 14.9 Å². The number of ether oxygens (including phenoxy) is 2. The fourth-order valence-corrected chi connectivity index (χ4v) is 3.58. The van der Waals surface area contributed by atoms with Crippen LogP contribution in [0.15, 0.2) is 11.6 Å². The Hall–Kier alpha value is -1.47. The molecule has 0 aliphatic carbocycles. The molecule has 25 heavy (non-hydrogen) atoms. The second kappa shape index (κ2) is 7.41. The van der Waals surface area contributed by atoms with Gasteiger partial charge in [0.15, 0.2) is 0 Å². The molecule has 0 aromatic carbocycles.